The monoisotopic (exact) mass is 456 g/mol. The van der Waals surface area contributed by atoms with Crippen molar-refractivity contribution in [1.82, 2.24) is 0 Å². The number of aliphatic hydroxyl groups is 1. The van der Waals surface area contributed by atoms with Gasteiger partial charge in [-0.25, -0.2) is 0 Å². The van der Waals surface area contributed by atoms with Gasteiger partial charge in [0.25, 0.3) is 0 Å². The minimum atomic E-state index is -0.519. The van der Waals surface area contributed by atoms with Crippen molar-refractivity contribution >= 4 is 5.97 Å². The van der Waals surface area contributed by atoms with E-state index in [1.54, 1.807) is 0 Å². The molecule has 0 bridgehead atoms. The molecular formula is C28H56O4. The highest BCUT2D eigenvalue weighted by molar-refractivity contribution is 5.69. The van der Waals surface area contributed by atoms with Crippen LogP contribution in [0.15, 0.2) is 0 Å². The molecular weight excluding hydrogens is 400 g/mol. The third kappa shape index (κ3) is 24.0. The van der Waals surface area contributed by atoms with E-state index in [4.69, 9.17) is 9.47 Å². The summed E-state index contributed by atoms with van der Waals surface area (Å²) in [7, 11) is 0. The van der Waals surface area contributed by atoms with Gasteiger partial charge < -0.3 is 14.6 Å². The fourth-order valence-corrected chi connectivity index (χ4v) is 4.03. The van der Waals surface area contributed by atoms with Crippen molar-refractivity contribution in [2.24, 2.45) is 0 Å². The van der Waals surface area contributed by atoms with Crippen molar-refractivity contribution in [1.29, 1.82) is 0 Å². The molecule has 0 heterocycles. The smallest absolute Gasteiger partial charge is 0.306 e. The predicted molar refractivity (Wildman–Crippen MR) is 136 cm³/mol. The fourth-order valence-electron chi connectivity index (χ4n) is 4.03. The average molecular weight is 457 g/mol. The molecule has 0 rings (SSSR count). The summed E-state index contributed by atoms with van der Waals surface area (Å²) < 4.78 is 10.9. The maximum atomic E-state index is 11.7. The van der Waals surface area contributed by atoms with Gasteiger partial charge >= 0.3 is 5.97 Å². The number of rotatable bonds is 26. The number of aliphatic hydroxyl groups excluding tert-OH is 1. The Morgan fingerprint density at radius 3 is 1.47 bits per heavy atom. The molecule has 0 spiro atoms. The first-order valence-corrected chi connectivity index (χ1v) is 14.1. The first-order valence-electron chi connectivity index (χ1n) is 14.1. The molecule has 0 saturated heterocycles. The molecule has 192 valence electrons. The number of hydrogen-bond acceptors (Lipinski definition) is 4. The summed E-state index contributed by atoms with van der Waals surface area (Å²) >= 11 is 0. The zero-order valence-electron chi connectivity index (χ0n) is 21.7. The molecule has 1 N–H and O–H groups in total. The highest BCUT2D eigenvalue weighted by Gasteiger charge is 2.13. The highest BCUT2D eigenvalue weighted by atomic mass is 16.6. The van der Waals surface area contributed by atoms with Crippen molar-refractivity contribution in [3.63, 3.8) is 0 Å². The predicted octanol–water partition coefficient (Wildman–Crippen LogP) is 8.14. The van der Waals surface area contributed by atoms with Gasteiger partial charge in [-0.05, 0) is 12.8 Å². The zero-order valence-corrected chi connectivity index (χ0v) is 21.7. The Morgan fingerprint density at radius 2 is 1.03 bits per heavy atom. The molecule has 0 amide bonds. The summed E-state index contributed by atoms with van der Waals surface area (Å²) in [6.07, 6.45) is 26.1. The van der Waals surface area contributed by atoms with Gasteiger partial charge in [0.05, 0.1) is 13.2 Å². The van der Waals surface area contributed by atoms with Gasteiger partial charge in [0.15, 0.2) is 0 Å². The van der Waals surface area contributed by atoms with Gasteiger partial charge in [-0.3, -0.25) is 4.79 Å². The van der Waals surface area contributed by atoms with Crippen LogP contribution in [0.4, 0.5) is 0 Å². The molecule has 0 aromatic heterocycles. The van der Waals surface area contributed by atoms with E-state index in [2.05, 4.69) is 13.8 Å². The summed E-state index contributed by atoms with van der Waals surface area (Å²) in [5.41, 5.74) is 0. The molecule has 32 heavy (non-hydrogen) atoms. The molecule has 0 fully saturated rings. The van der Waals surface area contributed by atoms with E-state index in [9.17, 15) is 9.90 Å². The van der Waals surface area contributed by atoms with E-state index >= 15 is 0 Å². The van der Waals surface area contributed by atoms with Crippen LogP contribution >= 0.6 is 0 Å². The first kappa shape index (κ1) is 31.4. The molecule has 1 unspecified atom stereocenters. The number of unbranched alkanes of at least 4 members (excludes halogenated alkanes) is 18. The van der Waals surface area contributed by atoms with Gasteiger partial charge in [-0.2, -0.15) is 0 Å². The van der Waals surface area contributed by atoms with Gasteiger partial charge in [-0.1, -0.05) is 129 Å². The van der Waals surface area contributed by atoms with Crippen molar-refractivity contribution in [3.05, 3.63) is 0 Å². The molecule has 1 atom stereocenters. The van der Waals surface area contributed by atoms with E-state index < -0.39 is 6.10 Å². The van der Waals surface area contributed by atoms with Crippen LogP contribution in [0.5, 0.6) is 0 Å². The summed E-state index contributed by atoms with van der Waals surface area (Å²) in [6.45, 7) is 5.20. The van der Waals surface area contributed by atoms with E-state index in [1.807, 2.05) is 0 Å². The Kier molecular flexibility index (Phi) is 26.1. The summed E-state index contributed by atoms with van der Waals surface area (Å²) in [5, 5.41) is 9.34. The minimum Gasteiger partial charge on any atom is -0.457 e. The molecule has 4 nitrogen and oxygen atoms in total. The lowest BCUT2D eigenvalue weighted by molar-refractivity contribution is -0.154. The molecule has 0 aliphatic heterocycles. The first-order chi connectivity index (χ1) is 15.7. The highest BCUT2D eigenvalue weighted by Crippen LogP contribution is 2.14. The Balaban J connectivity index is 3.27. The summed E-state index contributed by atoms with van der Waals surface area (Å²) in [4.78, 5) is 11.7. The van der Waals surface area contributed by atoms with Crippen molar-refractivity contribution in [2.45, 2.75) is 155 Å². The molecule has 4 heteroatoms. The quantitative estimate of drug-likeness (QED) is 0.105. The number of hydrogen-bond donors (Lipinski definition) is 1. The minimum absolute atomic E-state index is 0.168. The van der Waals surface area contributed by atoms with Crippen LogP contribution in [0, 0.1) is 0 Å². The average Bonchev–Trinajstić information content (AvgIpc) is 2.80. The molecule has 0 aromatic carbocycles. The fraction of sp³-hybridized carbons (Fsp3) is 0.964. The van der Waals surface area contributed by atoms with Crippen molar-refractivity contribution < 1.29 is 19.4 Å². The maximum Gasteiger partial charge on any atom is 0.306 e. The SMILES string of the molecule is CCCCCCCCCCCCCCCCCCCOCC(CO)OC(=O)CCCCC. The lowest BCUT2D eigenvalue weighted by Gasteiger charge is -2.15. The van der Waals surface area contributed by atoms with Gasteiger partial charge in [0.1, 0.15) is 6.10 Å². The van der Waals surface area contributed by atoms with E-state index in [0.29, 0.717) is 19.6 Å². The van der Waals surface area contributed by atoms with Crippen LogP contribution in [0.2, 0.25) is 0 Å². The van der Waals surface area contributed by atoms with Crippen LogP contribution in [-0.2, 0) is 14.3 Å². The molecule has 0 saturated carbocycles. The Bertz CT molecular complexity index is 372. The van der Waals surface area contributed by atoms with Crippen LogP contribution < -0.4 is 0 Å². The molecule has 0 aromatic rings. The number of esters is 1. The molecule has 0 radical (unpaired) electrons. The number of carbonyl (C=O) groups excluding carboxylic acids is 1. The summed E-state index contributed by atoms with van der Waals surface area (Å²) in [6, 6.07) is 0. The second-order valence-corrected chi connectivity index (χ2v) is 9.48. The van der Waals surface area contributed by atoms with E-state index in [1.165, 1.54) is 103 Å². The normalized spacial score (nSPS) is 12.2. The van der Waals surface area contributed by atoms with Gasteiger partial charge in [0.2, 0.25) is 0 Å². The lowest BCUT2D eigenvalue weighted by atomic mass is 10.0. The third-order valence-corrected chi connectivity index (χ3v) is 6.18. The Labute approximate surface area is 200 Å². The van der Waals surface area contributed by atoms with Crippen LogP contribution in [0.25, 0.3) is 0 Å². The molecule has 0 aliphatic rings. The maximum absolute atomic E-state index is 11.7. The van der Waals surface area contributed by atoms with Crippen LogP contribution in [0.1, 0.15) is 149 Å². The Morgan fingerprint density at radius 1 is 0.625 bits per heavy atom. The lowest BCUT2D eigenvalue weighted by Crippen LogP contribution is -2.27. The van der Waals surface area contributed by atoms with E-state index in [0.717, 1.165) is 25.7 Å². The van der Waals surface area contributed by atoms with Crippen LogP contribution in [0.3, 0.4) is 0 Å². The van der Waals surface area contributed by atoms with Gasteiger partial charge in [-0.15, -0.1) is 0 Å². The van der Waals surface area contributed by atoms with E-state index in [-0.39, 0.29) is 12.6 Å². The second kappa shape index (κ2) is 26.6. The number of ether oxygens (including phenoxy) is 2. The standard InChI is InChI=1S/C28H56O4/c1-3-5-7-8-9-10-11-12-13-14-15-16-17-18-19-20-22-24-31-26-27(25-29)32-28(30)23-21-6-4-2/h27,29H,3-26H2,1-2H3. The van der Waals surface area contributed by atoms with Crippen LogP contribution in [-0.4, -0.2) is 37.0 Å². The second-order valence-electron chi connectivity index (χ2n) is 9.48. The van der Waals surface area contributed by atoms with Crippen molar-refractivity contribution in [3.8, 4) is 0 Å². The third-order valence-electron chi connectivity index (χ3n) is 6.18. The number of carbonyl (C=O) groups is 1. The summed E-state index contributed by atoms with van der Waals surface area (Å²) in [5.74, 6) is -0.223. The van der Waals surface area contributed by atoms with Gasteiger partial charge in [0, 0.05) is 13.0 Å². The largest absolute Gasteiger partial charge is 0.457 e. The molecule has 0 aliphatic carbocycles. The Hall–Kier alpha value is -0.610. The van der Waals surface area contributed by atoms with Crippen molar-refractivity contribution in [2.75, 3.05) is 19.8 Å². The zero-order chi connectivity index (χ0) is 23.5. The topological polar surface area (TPSA) is 55.8 Å².